The van der Waals surface area contributed by atoms with Gasteiger partial charge in [0.15, 0.2) is 0 Å². The van der Waals surface area contributed by atoms with Gasteiger partial charge in [-0.15, -0.1) is 0 Å². The fourth-order valence-corrected chi connectivity index (χ4v) is 4.16. The summed E-state index contributed by atoms with van der Waals surface area (Å²) in [6.07, 6.45) is 8.86. The number of nitrogens with zero attached hydrogens (tertiary/aromatic N) is 2. The lowest BCUT2D eigenvalue weighted by Crippen LogP contribution is -2.36. The molecule has 1 N–H and O–H groups in total. The summed E-state index contributed by atoms with van der Waals surface area (Å²) in [6, 6.07) is 0. The maximum atomic E-state index is 12.3. The van der Waals surface area contributed by atoms with E-state index in [0.717, 1.165) is 19.5 Å². The van der Waals surface area contributed by atoms with Crippen molar-refractivity contribution in [3.63, 3.8) is 0 Å². The van der Waals surface area contributed by atoms with Gasteiger partial charge in [0.25, 0.3) is 0 Å². The zero-order chi connectivity index (χ0) is 17.8. The molecule has 2 atom stereocenters. The second kappa shape index (κ2) is 8.13. The van der Waals surface area contributed by atoms with Crippen molar-refractivity contribution in [2.24, 2.45) is 17.8 Å². The molecule has 0 unspecified atom stereocenters. The molecule has 0 aromatic rings. The molecule has 0 spiro atoms. The lowest BCUT2D eigenvalue weighted by Gasteiger charge is -2.28. The maximum Gasteiger partial charge on any atom is 0.233 e. The van der Waals surface area contributed by atoms with Crippen LogP contribution >= 0.6 is 0 Å². The van der Waals surface area contributed by atoms with Gasteiger partial charge in [-0.1, -0.05) is 12.2 Å². The highest BCUT2D eigenvalue weighted by Gasteiger charge is 2.46. The molecule has 2 aliphatic heterocycles. The number of nitrogens with one attached hydrogen (secondary N) is 1. The Kier molecular flexibility index (Phi) is 5.89. The van der Waals surface area contributed by atoms with Crippen molar-refractivity contribution < 1.29 is 14.4 Å². The molecule has 0 saturated carbocycles. The van der Waals surface area contributed by atoms with Crippen LogP contribution in [0.15, 0.2) is 12.2 Å². The summed E-state index contributed by atoms with van der Waals surface area (Å²) in [5.41, 5.74) is 0. The topological polar surface area (TPSA) is 69.7 Å². The molecule has 0 aromatic carbocycles. The third-order valence-electron chi connectivity index (χ3n) is 5.87. The molecule has 25 heavy (non-hydrogen) atoms. The highest BCUT2D eigenvalue weighted by atomic mass is 16.2. The minimum absolute atomic E-state index is 0.0680. The number of rotatable bonds is 6. The van der Waals surface area contributed by atoms with Gasteiger partial charge in [-0.25, -0.2) is 0 Å². The van der Waals surface area contributed by atoms with Crippen molar-refractivity contribution in [3.8, 4) is 0 Å². The van der Waals surface area contributed by atoms with Crippen LogP contribution in [0, 0.1) is 17.8 Å². The van der Waals surface area contributed by atoms with Gasteiger partial charge in [-0.05, 0) is 58.2 Å². The van der Waals surface area contributed by atoms with Crippen LogP contribution in [0.1, 0.15) is 38.5 Å². The zero-order valence-electron chi connectivity index (χ0n) is 15.1. The Balaban J connectivity index is 1.36. The van der Waals surface area contributed by atoms with Crippen LogP contribution in [0.3, 0.4) is 0 Å². The Morgan fingerprint density at radius 2 is 1.72 bits per heavy atom. The van der Waals surface area contributed by atoms with E-state index in [9.17, 15) is 14.4 Å². The SMILES string of the molecule is CN1CCC(CCNC(=O)CCN2C(=O)[C@H]3CC=CC[C@H]3C2=O)CC1. The standard InChI is InChI=1S/C19H29N3O3/c1-21-11-7-14(8-12-21)6-10-20-17(23)9-13-22-18(24)15-4-2-3-5-16(15)19(22)25/h2-3,14-16H,4-13H2,1H3,(H,20,23)/t15-,16+. The molecule has 6 nitrogen and oxygen atoms in total. The van der Waals surface area contributed by atoms with Crippen LogP contribution in [0.2, 0.25) is 0 Å². The van der Waals surface area contributed by atoms with Gasteiger partial charge in [0.1, 0.15) is 0 Å². The fraction of sp³-hybridized carbons (Fsp3) is 0.737. The first kappa shape index (κ1) is 18.1. The molecule has 2 heterocycles. The van der Waals surface area contributed by atoms with Gasteiger partial charge < -0.3 is 10.2 Å². The number of hydrogen-bond acceptors (Lipinski definition) is 4. The minimum Gasteiger partial charge on any atom is -0.356 e. The summed E-state index contributed by atoms with van der Waals surface area (Å²) < 4.78 is 0. The van der Waals surface area contributed by atoms with E-state index in [4.69, 9.17) is 0 Å². The van der Waals surface area contributed by atoms with E-state index in [2.05, 4.69) is 17.3 Å². The second-order valence-corrected chi connectivity index (χ2v) is 7.62. The third kappa shape index (κ3) is 4.29. The summed E-state index contributed by atoms with van der Waals surface area (Å²) in [6.45, 7) is 3.17. The average molecular weight is 347 g/mol. The number of fused-ring (bicyclic) bond motifs is 1. The van der Waals surface area contributed by atoms with E-state index in [0.29, 0.717) is 25.3 Å². The Morgan fingerprint density at radius 1 is 1.12 bits per heavy atom. The predicted octanol–water partition coefficient (Wildman–Crippen LogP) is 1.18. The number of carbonyl (C=O) groups is 3. The van der Waals surface area contributed by atoms with Gasteiger partial charge >= 0.3 is 0 Å². The van der Waals surface area contributed by atoms with Crippen LogP contribution < -0.4 is 5.32 Å². The summed E-state index contributed by atoms with van der Waals surface area (Å²) in [5.74, 6) is 0.0160. The van der Waals surface area contributed by atoms with E-state index < -0.39 is 0 Å². The van der Waals surface area contributed by atoms with Crippen LogP contribution in [0.5, 0.6) is 0 Å². The van der Waals surface area contributed by atoms with Crippen molar-refractivity contribution >= 4 is 17.7 Å². The highest BCUT2D eigenvalue weighted by Crippen LogP contribution is 2.34. The molecule has 6 heteroatoms. The monoisotopic (exact) mass is 347 g/mol. The number of piperidine rings is 1. The van der Waals surface area contributed by atoms with Gasteiger partial charge in [0.05, 0.1) is 11.8 Å². The number of hydrogen-bond donors (Lipinski definition) is 1. The lowest BCUT2D eigenvalue weighted by atomic mass is 9.85. The van der Waals surface area contributed by atoms with Crippen molar-refractivity contribution in [1.29, 1.82) is 0 Å². The molecule has 3 rings (SSSR count). The molecule has 1 aliphatic carbocycles. The van der Waals surface area contributed by atoms with Crippen molar-refractivity contribution in [1.82, 2.24) is 15.1 Å². The van der Waals surface area contributed by atoms with Gasteiger partial charge in [0, 0.05) is 19.5 Å². The van der Waals surface area contributed by atoms with Crippen molar-refractivity contribution in [2.75, 3.05) is 33.2 Å². The number of carbonyl (C=O) groups excluding carboxylic acids is 3. The Bertz CT molecular complexity index is 526. The molecule has 2 fully saturated rings. The lowest BCUT2D eigenvalue weighted by molar-refractivity contribution is -0.140. The first-order chi connectivity index (χ1) is 12.1. The molecule has 0 radical (unpaired) electrons. The van der Waals surface area contributed by atoms with E-state index in [-0.39, 0.29) is 42.5 Å². The van der Waals surface area contributed by atoms with Crippen molar-refractivity contribution in [3.05, 3.63) is 12.2 Å². The Labute approximate surface area is 149 Å². The number of imide groups is 1. The molecule has 3 amide bonds. The van der Waals surface area contributed by atoms with Crippen LogP contribution in [0.25, 0.3) is 0 Å². The smallest absolute Gasteiger partial charge is 0.233 e. The highest BCUT2D eigenvalue weighted by molar-refractivity contribution is 6.05. The predicted molar refractivity (Wildman–Crippen MR) is 94.5 cm³/mol. The average Bonchev–Trinajstić information content (AvgIpc) is 2.86. The second-order valence-electron chi connectivity index (χ2n) is 7.62. The summed E-state index contributed by atoms with van der Waals surface area (Å²) >= 11 is 0. The molecule has 3 aliphatic rings. The summed E-state index contributed by atoms with van der Waals surface area (Å²) in [7, 11) is 2.14. The zero-order valence-corrected chi connectivity index (χ0v) is 15.1. The summed E-state index contributed by atoms with van der Waals surface area (Å²) in [5, 5.41) is 2.94. The molecular weight excluding hydrogens is 318 g/mol. The molecule has 138 valence electrons. The fourth-order valence-electron chi connectivity index (χ4n) is 4.16. The van der Waals surface area contributed by atoms with Crippen LogP contribution in [-0.4, -0.2) is 60.7 Å². The van der Waals surface area contributed by atoms with Gasteiger partial charge in [-0.2, -0.15) is 0 Å². The Morgan fingerprint density at radius 3 is 2.32 bits per heavy atom. The van der Waals surface area contributed by atoms with Crippen LogP contribution in [0.4, 0.5) is 0 Å². The largest absolute Gasteiger partial charge is 0.356 e. The summed E-state index contributed by atoms with van der Waals surface area (Å²) in [4.78, 5) is 40.4. The molecule has 0 bridgehead atoms. The van der Waals surface area contributed by atoms with E-state index >= 15 is 0 Å². The van der Waals surface area contributed by atoms with Crippen molar-refractivity contribution in [2.45, 2.75) is 38.5 Å². The number of likely N-dealkylation sites (tertiary alicyclic amines) is 2. The van der Waals surface area contributed by atoms with Gasteiger partial charge in [-0.3, -0.25) is 19.3 Å². The van der Waals surface area contributed by atoms with E-state index in [1.165, 1.54) is 17.7 Å². The maximum absolute atomic E-state index is 12.3. The van der Waals surface area contributed by atoms with E-state index in [1.807, 2.05) is 12.2 Å². The third-order valence-corrected chi connectivity index (χ3v) is 5.87. The van der Waals surface area contributed by atoms with Crippen LogP contribution in [-0.2, 0) is 14.4 Å². The first-order valence-corrected chi connectivity index (χ1v) is 9.51. The molecular formula is C19H29N3O3. The Hall–Kier alpha value is -1.69. The minimum atomic E-state index is -0.204. The normalized spacial score (nSPS) is 27.6. The number of amides is 3. The van der Waals surface area contributed by atoms with Gasteiger partial charge in [0.2, 0.25) is 17.7 Å². The molecule has 0 aromatic heterocycles. The first-order valence-electron chi connectivity index (χ1n) is 9.51. The quantitative estimate of drug-likeness (QED) is 0.579. The van der Waals surface area contributed by atoms with E-state index in [1.54, 1.807) is 0 Å². The number of allylic oxidation sites excluding steroid dienone is 2. The molecule has 2 saturated heterocycles.